The van der Waals surface area contributed by atoms with Gasteiger partial charge in [-0.3, -0.25) is 4.79 Å². The number of hydrogen-bond donors (Lipinski definition) is 2. The normalized spacial score (nSPS) is 11.5. The molecule has 0 spiro atoms. The molecule has 108 valence electrons. The molecule has 0 saturated carbocycles. The van der Waals surface area contributed by atoms with Crippen LogP contribution in [0.15, 0.2) is 54.6 Å². The van der Waals surface area contributed by atoms with Gasteiger partial charge in [-0.25, -0.2) is 4.79 Å². The van der Waals surface area contributed by atoms with Gasteiger partial charge in [0.1, 0.15) is 0 Å². The minimum absolute atomic E-state index is 0.366. The highest BCUT2D eigenvalue weighted by Crippen LogP contribution is 2.15. The van der Waals surface area contributed by atoms with Gasteiger partial charge in [0, 0.05) is 11.3 Å². The van der Waals surface area contributed by atoms with Crippen LogP contribution in [0.1, 0.15) is 22.0 Å². The molecule has 0 aliphatic heterocycles. The molecule has 0 bridgehead atoms. The molecule has 0 fully saturated rings. The summed E-state index contributed by atoms with van der Waals surface area (Å²) in [6.07, 6.45) is 0. The second-order valence-corrected chi connectivity index (χ2v) is 4.46. The van der Waals surface area contributed by atoms with Gasteiger partial charge in [0.2, 0.25) is 0 Å². The van der Waals surface area contributed by atoms with E-state index in [1.165, 1.54) is 7.11 Å². The summed E-state index contributed by atoms with van der Waals surface area (Å²) >= 11 is 0. The fourth-order valence-corrected chi connectivity index (χ4v) is 1.89. The first-order valence-corrected chi connectivity index (χ1v) is 6.41. The van der Waals surface area contributed by atoms with Crippen molar-refractivity contribution in [3.8, 4) is 0 Å². The van der Waals surface area contributed by atoms with Crippen LogP contribution in [0.5, 0.6) is 0 Å². The van der Waals surface area contributed by atoms with Crippen molar-refractivity contribution in [2.75, 3.05) is 12.8 Å². The molecule has 3 N–H and O–H groups in total. The quantitative estimate of drug-likeness (QED) is 0.664. The Morgan fingerprint density at radius 3 is 2.24 bits per heavy atom. The van der Waals surface area contributed by atoms with Crippen LogP contribution < -0.4 is 11.1 Å². The highest BCUT2D eigenvalue weighted by Gasteiger charge is 2.23. The third-order valence-corrected chi connectivity index (χ3v) is 3.02. The number of carbonyl (C=O) groups is 2. The highest BCUT2D eigenvalue weighted by atomic mass is 16.5. The van der Waals surface area contributed by atoms with E-state index in [1.807, 2.05) is 6.07 Å². The lowest BCUT2D eigenvalue weighted by Gasteiger charge is -2.17. The number of esters is 1. The van der Waals surface area contributed by atoms with E-state index >= 15 is 0 Å². The van der Waals surface area contributed by atoms with Gasteiger partial charge in [-0.1, -0.05) is 30.3 Å². The number of carbonyl (C=O) groups excluding carboxylic acids is 2. The Morgan fingerprint density at radius 2 is 1.67 bits per heavy atom. The van der Waals surface area contributed by atoms with Crippen molar-refractivity contribution in [3.63, 3.8) is 0 Å². The number of rotatable bonds is 4. The maximum atomic E-state index is 12.2. The molecule has 0 saturated heterocycles. The average molecular weight is 284 g/mol. The fourth-order valence-electron chi connectivity index (χ4n) is 1.89. The van der Waals surface area contributed by atoms with Crippen LogP contribution in [0.25, 0.3) is 0 Å². The van der Waals surface area contributed by atoms with Gasteiger partial charge < -0.3 is 15.8 Å². The molecule has 2 aromatic rings. The summed E-state index contributed by atoms with van der Waals surface area (Å²) in [6.45, 7) is 0. The number of hydrogen-bond acceptors (Lipinski definition) is 4. The van der Waals surface area contributed by atoms with E-state index in [2.05, 4.69) is 5.32 Å². The molecule has 0 radical (unpaired) electrons. The summed E-state index contributed by atoms with van der Waals surface area (Å²) in [4.78, 5) is 24.1. The second-order valence-electron chi connectivity index (χ2n) is 4.46. The Kier molecular flexibility index (Phi) is 4.56. The zero-order chi connectivity index (χ0) is 15.2. The number of nitrogens with two attached hydrogens (primary N) is 1. The van der Waals surface area contributed by atoms with Crippen molar-refractivity contribution in [2.45, 2.75) is 6.04 Å². The van der Waals surface area contributed by atoms with E-state index in [0.29, 0.717) is 16.8 Å². The van der Waals surface area contributed by atoms with Crippen LogP contribution in [-0.4, -0.2) is 19.0 Å². The largest absolute Gasteiger partial charge is 0.467 e. The minimum atomic E-state index is -0.846. The van der Waals surface area contributed by atoms with Crippen LogP contribution in [0.4, 0.5) is 5.69 Å². The van der Waals surface area contributed by atoms with Gasteiger partial charge in [0.25, 0.3) is 5.91 Å². The number of nitrogens with one attached hydrogen (secondary N) is 1. The van der Waals surface area contributed by atoms with E-state index in [9.17, 15) is 9.59 Å². The predicted octanol–water partition coefficient (Wildman–Crippen LogP) is 1.91. The monoisotopic (exact) mass is 284 g/mol. The van der Waals surface area contributed by atoms with Crippen LogP contribution in [-0.2, 0) is 9.53 Å². The maximum absolute atomic E-state index is 12.2. The molecule has 0 heterocycles. The van der Waals surface area contributed by atoms with E-state index in [1.54, 1.807) is 48.5 Å². The van der Waals surface area contributed by atoms with E-state index in [-0.39, 0.29) is 5.91 Å². The lowest BCUT2D eigenvalue weighted by molar-refractivity contribution is -0.143. The third-order valence-electron chi connectivity index (χ3n) is 3.02. The number of benzene rings is 2. The van der Waals surface area contributed by atoms with Gasteiger partial charge in [-0.2, -0.15) is 0 Å². The number of methoxy groups -OCH3 is 1. The van der Waals surface area contributed by atoms with E-state index in [0.717, 1.165) is 0 Å². The lowest BCUT2D eigenvalue weighted by atomic mass is 10.1. The molecule has 1 atom stereocenters. The molecular formula is C16H16N2O3. The number of ether oxygens (including phenoxy) is 1. The van der Waals surface area contributed by atoms with Crippen molar-refractivity contribution >= 4 is 17.6 Å². The Labute approximate surface area is 122 Å². The fraction of sp³-hybridized carbons (Fsp3) is 0.125. The summed E-state index contributed by atoms with van der Waals surface area (Å²) < 4.78 is 4.75. The van der Waals surface area contributed by atoms with Crippen molar-refractivity contribution in [1.82, 2.24) is 5.32 Å². The summed E-state index contributed by atoms with van der Waals surface area (Å²) in [5, 5.41) is 2.67. The van der Waals surface area contributed by atoms with Crippen molar-refractivity contribution in [2.24, 2.45) is 0 Å². The third kappa shape index (κ3) is 3.60. The molecule has 1 amide bonds. The predicted molar refractivity (Wildman–Crippen MR) is 79.5 cm³/mol. The molecule has 2 rings (SSSR count). The van der Waals surface area contributed by atoms with Crippen molar-refractivity contribution < 1.29 is 14.3 Å². The summed E-state index contributed by atoms with van der Waals surface area (Å²) in [5.74, 6) is -0.890. The Morgan fingerprint density at radius 1 is 1.05 bits per heavy atom. The maximum Gasteiger partial charge on any atom is 0.333 e. The first-order chi connectivity index (χ1) is 10.1. The Balaban J connectivity index is 2.21. The molecule has 21 heavy (non-hydrogen) atoms. The van der Waals surface area contributed by atoms with E-state index < -0.39 is 12.0 Å². The molecule has 0 aliphatic carbocycles. The number of nitrogen functional groups attached to an aromatic ring is 1. The summed E-state index contributed by atoms with van der Waals surface area (Å²) in [6, 6.07) is 14.5. The molecule has 2 aromatic carbocycles. The second kappa shape index (κ2) is 6.56. The van der Waals surface area contributed by atoms with Gasteiger partial charge in [-0.05, 0) is 29.8 Å². The summed E-state index contributed by atoms with van der Waals surface area (Å²) in [5.41, 5.74) is 7.24. The van der Waals surface area contributed by atoms with Gasteiger partial charge in [0.05, 0.1) is 7.11 Å². The molecule has 5 nitrogen and oxygen atoms in total. The SMILES string of the molecule is COC(=O)C(NC(=O)c1ccc(N)cc1)c1ccccc1. The molecule has 0 aliphatic rings. The molecule has 1 unspecified atom stereocenters. The van der Waals surface area contributed by atoms with Crippen LogP contribution in [0.3, 0.4) is 0 Å². The Hall–Kier alpha value is -2.82. The standard InChI is InChI=1S/C16H16N2O3/c1-21-16(20)14(11-5-3-2-4-6-11)18-15(19)12-7-9-13(17)10-8-12/h2-10,14H,17H2,1H3,(H,18,19). The zero-order valence-corrected chi connectivity index (χ0v) is 11.6. The lowest BCUT2D eigenvalue weighted by Crippen LogP contribution is -2.34. The zero-order valence-electron chi connectivity index (χ0n) is 11.6. The highest BCUT2D eigenvalue weighted by molar-refractivity contribution is 5.97. The first-order valence-electron chi connectivity index (χ1n) is 6.41. The van der Waals surface area contributed by atoms with E-state index in [4.69, 9.17) is 10.5 Å². The van der Waals surface area contributed by atoms with Crippen molar-refractivity contribution in [3.05, 3.63) is 65.7 Å². The molecule has 5 heteroatoms. The van der Waals surface area contributed by atoms with Gasteiger partial charge >= 0.3 is 5.97 Å². The topological polar surface area (TPSA) is 81.4 Å². The minimum Gasteiger partial charge on any atom is -0.467 e. The first kappa shape index (κ1) is 14.6. The smallest absolute Gasteiger partial charge is 0.333 e. The Bertz CT molecular complexity index is 624. The molecular weight excluding hydrogens is 268 g/mol. The summed E-state index contributed by atoms with van der Waals surface area (Å²) in [7, 11) is 1.29. The van der Waals surface area contributed by atoms with Crippen LogP contribution >= 0.6 is 0 Å². The van der Waals surface area contributed by atoms with Crippen molar-refractivity contribution in [1.29, 1.82) is 0 Å². The number of amides is 1. The van der Waals surface area contributed by atoms with Gasteiger partial charge in [-0.15, -0.1) is 0 Å². The van der Waals surface area contributed by atoms with Crippen LogP contribution in [0, 0.1) is 0 Å². The number of anilines is 1. The average Bonchev–Trinajstić information content (AvgIpc) is 2.53. The molecule has 0 aromatic heterocycles. The van der Waals surface area contributed by atoms with Gasteiger partial charge in [0.15, 0.2) is 6.04 Å². The van der Waals surface area contributed by atoms with Crippen LogP contribution in [0.2, 0.25) is 0 Å².